The van der Waals surface area contributed by atoms with Gasteiger partial charge in [-0.15, -0.1) is 0 Å². The van der Waals surface area contributed by atoms with Crippen molar-refractivity contribution in [1.29, 1.82) is 0 Å². The van der Waals surface area contributed by atoms with E-state index >= 15 is 0 Å². The van der Waals surface area contributed by atoms with Crippen LogP contribution in [0.25, 0.3) is 33.3 Å². The predicted octanol–water partition coefficient (Wildman–Crippen LogP) is 6.97. The molecule has 0 saturated heterocycles. The Morgan fingerprint density at radius 3 is 2.60 bits per heavy atom. The summed E-state index contributed by atoms with van der Waals surface area (Å²) in [6.07, 6.45) is 3.67. The molecular formula is C29H23F2N3O. The molecule has 4 aromatic rings. The number of rotatable bonds is 3. The van der Waals surface area contributed by atoms with Crippen molar-refractivity contribution >= 4 is 28.0 Å². The monoisotopic (exact) mass is 467 g/mol. The summed E-state index contributed by atoms with van der Waals surface area (Å²) >= 11 is 0. The summed E-state index contributed by atoms with van der Waals surface area (Å²) in [5, 5.41) is 5.74. The fourth-order valence-electron chi connectivity index (χ4n) is 5.17. The van der Waals surface area contributed by atoms with E-state index in [0.717, 1.165) is 44.4 Å². The number of carbonyl (C=O) groups excluding carboxylic acids is 1. The fraction of sp³-hybridized carbons (Fsp3) is 0.207. The third-order valence-corrected chi connectivity index (χ3v) is 6.91. The van der Waals surface area contributed by atoms with Gasteiger partial charge in [0.15, 0.2) is 0 Å². The van der Waals surface area contributed by atoms with Crippen LogP contribution in [-0.2, 0) is 6.42 Å². The molecule has 0 atom stereocenters. The summed E-state index contributed by atoms with van der Waals surface area (Å²) < 4.78 is 29.3. The van der Waals surface area contributed by atoms with Crippen LogP contribution in [0, 0.1) is 0 Å². The summed E-state index contributed by atoms with van der Waals surface area (Å²) in [4.78, 5) is 18.2. The molecule has 0 N–H and O–H groups in total. The lowest BCUT2D eigenvalue weighted by Gasteiger charge is -2.24. The molecule has 2 aromatic heterocycles. The molecule has 174 valence electrons. The Bertz CT molecular complexity index is 1550. The third-order valence-electron chi connectivity index (χ3n) is 6.91. The minimum Gasteiger partial charge on any atom is -0.267 e. The van der Waals surface area contributed by atoms with E-state index in [2.05, 4.69) is 4.98 Å². The van der Waals surface area contributed by atoms with Gasteiger partial charge in [-0.2, -0.15) is 9.78 Å². The SMILES string of the molecule is CC1=C(c2ccc3ncccc3c2)C(=O)n2nc(-c3ccccc3)c(C3=CCC(F)(F)CC3)c2C1. The van der Waals surface area contributed by atoms with Crippen molar-refractivity contribution in [2.24, 2.45) is 0 Å². The van der Waals surface area contributed by atoms with E-state index < -0.39 is 5.92 Å². The second-order valence-corrected chi connectivity index (χ2v) is 9.29. The fourth-order valence-corrected chi connectivity index (χ4v) is 5.17. The summed E-state index contributed by atoms with van der Waals surface area (Å²) in [5.41, 5.74) is 7.23. The average molecular weight is 468 g/mol. The van der Waals surface area contributed by atoms with Crippen LogP contribution in [-0.4, -0.2) is 26.6 Å². The van der Waals surface area contributed by atoms with Crippen molar-refractivity contribution in [3.05, 3.63) is 95.3 Å². The van der Waals surface area contributed by atoms with Crippen LogP contribution in [0.1, 0.15) is 47.8 Å². The molecule has 0 spiro atoms. The number of aromatic nitrogens is 3. The van der Waals surface area contributed by atoms with E-state index in [4.69, 9.17) is 5.10 Å². The van der Waals surface area contributed by atoms with Crippen LogP contribution in [0.4, 0.5) is 8.78 Å². The molecule has 0 unspecified atom stereocenters. The van der Waals surface area contributed by atoms with Gasteiger partial charge in [0.25, 0.3) is 11.8 Å². The Morgan fingerprint density at radius 1 is 1.00 bits per heavy atom. The molecule has 2 aromatic carbocycles. The van der Waals surface area contributed by atoms with Crippen LogP contribution in [0.3, 0.4) is 0 Å². The largest absolute Gasteiger partial charge is 0.279 e. The highest BCUT2D eigenvalue weighted by Crippen LogP contribution is 2.43. The molecule has 35 heavy (non-hydrogen) atoms. The van der Waals surface area contributed by atoms with Crippen LogP contribution in [0.15, 0.2) is 78.5 Å². The average Bonchev–Trinajstić information content (AvgIpc) is 3.24. The van der Waals surface area contributed by atoms with Crippen molar-refractivity contribution in [3.8, 4) is 11.3 Å². The Balaban J connectivity index is 1.50. The maximum atomic E-state index is 13.9. The van der Waals surface area contributed by atoms with E-state index in [-0.39, 0.29) is 25.2 Å². The number of hydrogen-bond donors (Lipinski definition) is 0. The lowest BCUT2D eigenvalue weighted by molar-refractivity contribution is -0.00604. The molecule has 4 nitrogen and oxygen atoms in total. The molecule has 0 fully saturated rings. The highest BCUT2D eigenvalue weighted by Gasteiger charge is 2.36. The van der Waals surface area contributed by atoms with E-state index in [1.807, 2.05) is 67.6 Å². The molecule has 1 aliphatic heterocycles. The highest BCUT2D eigenvalue weighted by atomic mass is 19.3. The van der Waals surface area contributed by atoms with Gasteiger partial charge in [0.1, 0.15) is 5.69 Å². The molecule has 1 aliphatic carbocycles. The first-order valence-corrected chi connectivity index (χ1v) is 11.8. The molecule has 0 amide bonds. The van der Waals surface area contributed by atoms with E-state index in [9.17, 15) is 13.6 Å². The lowest BCUT2D eigenvalue weighted by atomic mass is 9.86. The van der Waals surface area contributed by atoms with Gasteiger partial charge in [-0.1, -0.05) is 54.1 Å². The summed E-state index contributed by atoms with van der Waals surface area (Å²) in [7, 11) is 0. The quantitative estimate of drug-likeness (QED) is 0.327. The molecule has 6 heteroatoms. The number of alkyl halides is 2. The Labute approximate surface area is 201 Å². The summed E-state index contributed by atoms with van der Waals surface area (Å²) in [6.45, 7) is 1.96. The van der Waals surface area contributed by atoms with Gasteiger partial charge in [-0.3, -0.25) is 9.78 Å². The zero-order chi connectivity index (χ0) is 24.2. The lowest BCUT2D eigenvalue weighted by Crippen LogP contribution is -2.24. The number of halogens is 2. The number of nitrogens with zero attached hydrogens (tertiary/aromatic N) is 3. The normalized spacial score (nSPS) is 17.5. The first-order chi connectivity index (χ1) is 16.9. The molecule has 2 aliphatic rings. The van der Waals surface area contributed by atoms with Crippen molar-refractivity contribution < 1.29 is 13.6 Å². The first-order valence-electron chi connectivity index (χ1n) is 11.8. The number of allylic oxidation sites excluding steroid dienone is 4. The van der Waals surface area contributed by atoms with Gasteiger partial charge >= 0.3 is 0 Å². The van der Waals surface area contributed by atoms with Gasteiger partial charge in [0, 0.05) is 47.5 Å². The van der Waals surface area contributed by atoms with Gasteiger partial charge in [0.2, 0.25) is 0 Å². The highest BCUT2D eigenvalue weighted by molar-refractivity contribution is 6.23. The van der Waals surface area contributed by atoms with Crippen LogP contribution < -0.4 is 0 Å². The number of carbonyl (C=O) groups is 1. The minimum absolute atomic E-state index is 0.197. The smallest absolute Gasteiger partial charge is 0.267 e. The minimum atomic E-state index is -2.69. The number of fused-ring (bicyclic) bond motifs is 2. The Morgan fingerprint density at radius 2 is 1.83 bits per heavy atom. The Kier molecular flexibility index (Phi) is 4.99. The number of pyridine rings is 1. The molecular weight excluding hydrogens is 444 g/mol. The zero-order valence-corrected chi connectivity index (χ0v) is 19.3. The molecule has 3 heterocycles. The topological polar surface area (TPSA) is 47.8 Å². The van der Waals surface area contributed by atoms with Crippen LogP contribution in [0.5, 0.6) is 0 Å². The standard InChI is InChI=1S/C29H23F2N3O/c1-18-16-24-26(19-11-13-29(30,31)14-12-19)27(20-6-3-2-4-7-20)33-34(24)28(35)25(18)22-9-10-23-21(17-22)8-5-15-32-23/h2-11,15,17H,12-14,16H2,1H3. The van der Waals surface area contributed by atoms with Crippen molar-refractivity contribution in [1.82, 2.24) is 14.8 Å². The van der Waals surface area contributed by atoms with Crippen molar-refractivity contribution in [3.63, 3.8) is 0 Å². The molecule has 0 radical (unpaired) electrons. The maximum Gasteiger partial charge on any atom is 0.279 e. The second kappa shape index (κ2) is 8.08. The molecule has 6 rings (SSSR count). The summed E-state index contributed by atoms with van der Waals surface area (Å²) in [5.74, 6) is -2.88. The van der Waals surface area contributed by atoms with E-state index in [1.54, 1.807) is 12.3 Å². The van der Waals surface area contributed by atoms with Crippen molar-refractivity contribution in [2.45, 2.75) is 38.5 Å². The van der Waals surface area contributed by atoms with Gasteiger partial charge in [0.05, 0.1) is 11.2 Å². The van der Waals surface area contributed by atoms with Gasteiger partial charge in [-0.05, 0) is 42.7 Å². The molecule has 0 bridgehead atoms. The number of hydrogen-bond acceptors (Lipinski definition) is 3. The first kappa shape index (κ1) is 21.6. The van der Waals surface area contributed by atoms with Gasteiger partial charge < -0.3 is 0 Å². The second-order valence-electron chi connectivity index (χ2n) is 9.29. The Hall–Kier alpha value is -3.93. The zero-order valence-electron chi connectivity index (χ0n) is 19.3. The van der Waals surface area contributed by atoms with E-state index in [0.29, 0.717) is 17.7 Å². The van der Waals surface area contributed by atoms with Crippen LogP contribution >= 0.6 is 0 Å². The number of benzene rings is 2. The maximum absolute atomic E-state index is 13.9. The predicted molar refractivity (Wildman–Crippen MR) is 133 cm³/mol. The summed E-state index contributed by atoms with van der Waals surface area (Å²) in [6, 6.07) is 19.3. The molecule has 0 saturated carbocycles. The van der Waals surface area contributed by atoms with E-state index in [1.165, 1.54) is 4.68 Å². The van der Waals surface area contributed by atoms with Crippen LogP contribution in [0.2, 0.25) is 0 Å². The van der Waals surface area contributed by atoms with Gasteiger partial charge in [-0.25, -0.2) is 8.78 Å². The third kappa shape index (κ3) is 3.70. The van der Waals surface area contributed by atoms with Crippen molar-refractivity contribution in [2.75, 3.05) is 0 Å².